The Kier molecular flexibility index (Phi) is 8.12. The second kappa shape index (κ2) is 11.6. The van der Waals surface area contributed by atoms with Crippen molar-refractivity contribution in [2.75, 3.05) is 29.7 Å². The van der Waals surface area contributed by atoms with Crippen molar-refractivity contribution in [2.24, 2.45) is 5.10 Å². The molecule has 34 heavy (non-hydrogen) atoms. The Balaban J connectivity index is 1.52. The molecule has 0 spiro atoms. The van der Waals surface area contributed by atoms with Crippen LogP contribution in [-0.4, -0.2) is 42.0 Å². The summed E-state index contributed by atoms with van der Waals surface area (Å²) < 4.78 is 0. The Labute approximate surface area is 209 Å². The van der Waals surface area contributed by atoms with Crippen molar-refractivity contribution in [3.8, 4) is 11.3 Å². The number of para-hydroxylation sites is 1. The van der Waals surface area contributed by atoms with E-state index in [-0.39, 0.29) is 5.91 Å². The molecule has 5 nitrogen and oxygen atoms in total. The molecular formula is C27H24Cl2N4O. The van der Waals surface area contributed by atoms with E-state index >= 15 is 0 Å². The molecule has 0 saturated carbocycles. The molecule has 1 amide bonds. The fourth-order valence-corrected chi connectivity index (χ4v) is 4.10. The van der Waals surface area contributed by atoms with Gasteiger partial charge in [-0.05, 0) is 29.8 Å². The number of hydrogen-bond acceptors (Lipinski definition) is 4. The van der Waals surface area contributed by atoms with Crippen molar-refractivity contribution in [3.63, 3.8) is 0 Å². The predicted molar refractivity (Wildman–Crippen MR) is 142 cm³/mol. The molecule has 0 atom stereocenters. The molecule has 0 radical (unpaired) electrons. The summed E-state index contributed by atoms with van der Waals surface area (Å²) in [5.41, 5.74) is 7.53. The minimum absolute atomic E-state index is 0.293. The van der Waals surface area contributed by atoms with Gasteiger partial charge in [0.1, 0.15) is 0 Å². The van der Waals surface area contributed by atoms with Crippen molar-refractivity contribution in [3.05, 3.63) is 96.1 Å². The third-order valence-corrected chi connectivity index (χ3v) is 5.72. The zero-order valence-electron chi connectivity index (χ0n) is 18.5. The standard InChI is InChI=1S/C27H24Cl2N4O/c28-14-16-33(17-15-29)22-12-10-20(11-13-22)19-30-32-27(34)24-18-26(21-6-2-1-3-7-21)31-25-9-5-4-8-23(24)25/h1-13,18-19H,14-17H2,(H,32,34). The first-order valence-corrected chi connectivity index (χ1v) is 12.0. The first kappa shape index (κ1) is 23.7. The molecule has 1 N–H and O–H groups in total. The van der Waals surface area contributed by atoms with Crippen molar-refractivity contribution >= 4 is 51.9 Å². The van der Waals surface area contributed by atoms with Crippen LogP contribution in [0.2, 0.25) is 0 Å². The smallest absolute Gasteiger partial charge is 0.272 e. The van der Waals surface area contributed by atoms with Gasteiger partial charge < -0.3 is 4.90 Å². The van der Waals surface area contributed by atoms with Gasteiger partial charge in [0.05, 0.1) is 23.0 Å². The van der Waals surface area contributed by atoms with Gasteiger partial charge in [-0.1, -0.05) is 60.7 Å². The number of rotatable bonds is 9. The lowest BCUT2D eigenvalue weighted by Gasteiger charge is -2.22. The minimum Gasteiger partial charge on any atom is -0.369 e. The molecule has 0 aliphatic rings. The van der Waals surface area contributed by atoms with Crippen LogP contribution < -0.4 is 10.3 Å². The Morgan fingerprint density at radius 3 is 2.29 bits per heavy atom. The van der Waals surface area contributed by atoms with Gasteiger partial charge in [-0.2, -0.15) is 5.10 Å². The molecule has 0 aliphatic heterocycles. The summed E-state index contributed by atoms with van der Waals surface area (Å²) in [5, 5.41) is 4.95. The van der Waals surface area contributed by atoms with Gasteiger partial charge in [0.2, 0.25) is 0 Å². The first-order chi connectivity index (χ1) is 16.7. The SMILES string of the molecule is O=C(NN=Cc1ccc(N(CCCl)CCCl)cc1)c1cc(-c2ccccc2)nc2ccccc12. The highest BCUT2D eigenvalue weighted by Gasteiger charge is 2.13. The number of aromatic nitrogens is 1. The van der Waals surface area contributed by atoms with E-state index in [0.717, 1.165) is 46.5 Å². The summed E-state index contributed by atoms with van der Waals surface area (Å²) in [6.45, 7) is 1.45. The van der Waals surface area contributed by atoms with E-state index in [9.17, 15) is 4.79 Å². The van der Waals surface area contributed by atoms with E-state index in [1.54, 1.807) is 12.3 Å². The van der Waals surface area contributed by atoms with E-state index in [0.29, 0.717) is 17.3 Å². The van der Waals surface area contributed by atoms with Crippen LogP contribution in [0.5, 0.6) is 0 Å². The maximum atomic E-state index is 13.0. The number of anilines is 1. The number of nitrogens with zero attached hydrogens (tertiary/aromatic N) is 3. The lowest BCUT2D eigenvalue weighted by atomic mass is 10.0. The lowest BCUT2D eigenvalue weighted by molar-refractivity contribution is 0.0956. The summed E-state index contributed by atoms with van der Waals surface area (Å²) in [5.74, 6) is 0.767. The second-order valence-electron chi connectivity index (χ2n) is 7.59. The average molecular weight is 491 g/mol. The van der Waals surface area contributed by atoms with Crippen LogP contribution in [0.25, 0.3) is 22.2 Å². The van der Waals surface area contributed by atoms with Gasteiger partial charge in [0, 0.05) is 41.5 Å². The second-order valence-corrected chi connectivity index (χ2v) is 8.35. The van der Waals surface area contributed by atoms with Crippen LogP contribution in [-0.2, 0) is 0 Å². The third kappa shape index (κ3) is 5.74. The average Bonchev–Trinajstić information content (AvgIpc) is 2.89. The number of nitrogens with one attached hydrogen (secondary N) is 1. The van der Waals surface area contributed by atoms with Gasteiger partial charge in [-0.15, -0.1) is 23.2 Å². The number of alkyl halides is 2. The maximum Gasteiger partial charge on any atom is 0.272 e. The topological polar surface area (TPSA) is 57.6 Å². The first-order valence-electron chi connectivity index (χ1n) is 10.9. The fourth-order valence-electron chi connectivity index (χ4n) is 3.69. The Hall–Kier alpha value is -3.41. The molecule has 0 aliphatic carbocycles. The van der Waals surface area contributed by atoms with Crippen molar-refractivity contribution in [1.29, 1.82) is 0 Å². The monoisotopic (exact) mass is 490 g/mol. The Morgan fingerprint density at radius 2 is 1.59 bits per heavy atom. The van der Waals surface area contributed by atoms with E-state index in [4.69, 9.17) is 28.2 Å². The highest BCUT2D eigenvalue weighted by Crippen LogP contribution is 2.24. The summed E-state index contributed by atoms with van der Waals surface area (Å²) in [7, 11) is 0. The van der Waals surface area contributed by atoms with Crippen LogP contribution >= 0.6 is 23.2 Å². The quantitative estimate of drug-likeness (QED) is 0.179. The number of benzene rings is 3. The molecule has 0 saturated heterocycles. The number of carbonyl (C=O) groups is 1. The van der Waals surface area contributed by atoms with Crippen LogP contribution in [0.3, 0.4) is 0 Å². The molecule has 7 heteroatoms. The van der Waals surface area contributed by atoms with Crippen LogP contribution in [0, 0.1) is 0 Å². The van der Waals surface area contributed by atoms with E-state index < -0.39 is 0 Å². The number of hydrogen-bond donors (Lipinski definition) is 1. The number of fused-ring (bicyclic) bond motifs is 1. The zero-order chi connectivity index (χ0) is 23.8. The molecule has 0 bridgehead atoms. The molecule has 1 heterocycles. The van der Waals surface area contributed by atoms with E-state index in [2.05, 4.69) is 15.4 Å². The van der Waals surface area contributed by atoms with Crippen molar-refractivity contribution in [1.82, 2.24) is 10.4 Å². The van der Waals surface area contributed by atoms with Gasteiger partial charge in [0.25, 0.3) is 5.91 Å². The van der Waals surface area contributed by atoms with Gasteiger partial charge in [0.15, 0.2) is 0 Å². The van der Waals surface area contributed by atoms with Gasteiger partial charge in [-0.25, -0.2) is 10.4 Å². The predicted octanol–water partition coefficient (Wildman–Crippen LogP) is 5.95. The molecule has 1 aromatic heterocycles. The van der Waals surface area contributed by atoms with Crippen LogP contribution in [0.4, 0.5) is 5.69 Å². The number of pyridine rings is 1. The molecule has 4 rings (SSSR count). The summed E-state index contributed by atoms with van der Waals surface area (Å²) in [6.07, 6.45) is 1.62. The van der Waals surface area contributed by atoms with E-state index in [1.807, 2.05) is 78.9 Å². The number of halogens is 2. The Morgan fingerprint density at radius 1 is 0.912 bits per heavy atom. The molecule has 0 fully saturated rings. The highest BCUT2D eigenvalue weighted by molar-refractivity contribution is 6.18. The number of carbonyl (C=O) groups excluding carboxylic acids is 1. The van der Waals surface area contributed by atoms with Gasteiger partial charge in [-0.3, -0.25) is 4.79 Å². The minimum atomic E-state index is -0.293. The largest absolute Gasteiger partial charge is 0.369 e. The maximum absolute atomic E-state index is 13.0. The molecule has 4 aromatic rings. The van der Waals surface area contributed by atoms with Gasteiger partial charge >= 0.3 is 0 Å². The summed E-state index contributed by atoms with van der Waals surface area (Å²) in [6, 6.07) is 27.1. The molecular weight excluding hydrogens is 467 g/mol. The fraction of sp³-hybridized carbons (Fsp3) is 0.148. The van der Waals surface area contributed by atoms with Crippen molar-refractivity contribution < 1.29 is 4.79 Å². The summed E-state index contributed by atoms with van der Waals surface area (Å²) >= 11 is 11.8. The Bertz CT molecular complexity index is 1270. The molecule has 3 aromatic carbocycles. The molecule has 172 valence electrons. The highest BCUT2D eigenvalue weighted by atomic mass is 35.5. The normalized spacial score (nSPS) is 11.1. The van der Waals surface area contributed by atoms with E-state index in [1.165, 1.54) is 0 Å². The molecule has 0 unspecified atom stereocenters. The summed E-state index contributed by atoms with van der Waals surface area (Å²) in [4.78, 5) is 19.9. The van der Waals surface area contributed by atoms with Crippen LogP contribution in [0.1, 0.15) is 15.9 Å². The lowest BCUT2D eigenvalue weighted by Crippen LogP contribution is -2.27. The van der Waals surface area contributed by atoms with Crippen molar-refractivity contribution in [2.45, 2.75) is 0 Å². The number of hydrazone groups is 1. The third-order valence-electron chi connectivity index (χ3n) is 5.38. The zero-order valence-corrected chi connectivity index (χ0v) is 20.0. The van der Waals surface area contributed by atoms with Crippen LogP contribution in [0.15, 0.2) is 90.0 Å². The number of amides is 1.